The van der Waals surface area contributed by atoms with Crippen LogP contribution in [0.3, 0.4) is 0 Å². The first kappa shape index (κ1) is 14.8. The van der Waals surface area contributed by atoms with Crippen molar-refractivity contribution < 1.29 is 0 Å². The van der Waals surface area contributed by atoms with Crippen LogP contribution in [0.15, 0.2) is 34.0 Å². The molecular weight excluding hydrogens is 266 g/mol. The van der Waals surface area contributed by atoms with Crippen molar-refractivity contribution in [3.05, 3.63) is 67.5 Å². The van der Waals surface area contributed by atoms with Crippen LogP contribution >= 0.6 is 0 Å². The zero-order valence-electron chi connectivity index (χ0n) is 12.4. The standard InChI is InChI=1S/C16H17N3O2/c1-4-18-10-14(8-17)15(20)19(16(18)21)9-13-6-11(2)5-12(3)7-13/h5-7,10H,4,9H2,1-3H3. The fourth-order valence-corrected chi connectivity index (χ4v) is 2.44. The lowest BCUT2D eigenvalue weighted by Gasteiger charge is -2.10. The Balaban J connectivity index is 2.61. The molecule has 2 rings (SSSR count). The van der Waals surface area contributed by atoms with E-state index in [4.69, 9.17) is 5.26 Å². The monoisotopic (exact) mass is 283 g/mol. The fraction of sp³-hybridized carbons (Fsp3) is 0.312. The van der Waals surface area contributed by atoms with Crippen molar-refractivity contribution in [3.63, 3.8) is 0 Å². The minimum atomic E-state index is -0.536. The Morgan fingerprint density at radius 2 is 1.76 bits per heavy atom. The van der Waals surface area contributed by atoms with Gasteiger partial charge in [0.25, 0.3) is 5.56 Å². The maximum Gasteiger partial charge on any atom is 0.331 e. The van der Waals surface area contributed by atoms with Crippen molar-refractivity contribution >= 4 is 0 Å². The maximum atomic E-state index is 12.3. The van der Waals surface area contributed by atoms with Crippen LogP contribution in [0.2, 0.25) is 0 Å². The third-order valence-electron chi connectivity index (χ3n) is 3.32. The number of hydrogen-bond acceptors (Lipinski definition) is 3. The molecule has 5 heteroatoms. The van der Waals surface area contributed by atoms with Crippen molar-refractivity contribution in [1.82, 2.24) is 9.13 Å². The van der Waals surface area contributed by atoms with Crippen LogP contribution in [0.1, 0.15) is 29.2 Å². The minimum absolute atomic E-state index is 0.0131. The minimum Gasteiger partial charge on any atom is -0.299 e. The normalized spacial score (nSPS) is 10.4. The Hall–Kier alpha value is -2.61. The summed E-state index contributed by atoms with van der Waals surface area (Å²) in [5.74, 6) is 0. The molecule has 0 N–H and O–H groups in total. The average Bonchev–Trinajstić information content (AvgIpc) is 2.43. The van der Waals surface area contributed by atoms with Gasteiger partial charge in [0, 0.05) is 12.7 Å². The van der Waals surface area contributed by atoms with Crippen LogP contribution in [0.25, 0.3) is 0 Å². The van der Waals surface area contributed by atoms with E-state index in [1.54, 1.807) is 6.92 Å². The van der Waals surface area contributed by atoms with Gasteiger partial charge in [-0.15, -0.1) is 0 Å². The largest absolute Gasteiger partial charge is 0.331 e. The summed E-state index contributed by atoms with van der Waals surface area (Å²) in [7, 11) is 0. The molecule has 0 radical (unpaired) electrons. The van der Waals surface area contributed by atoms with Gasteiger partial charge in [0.1, 0.15) is 11.6 Å². The van der Waals surface area contributed by atoms with Gasteiger partial charge in [0.05, 0.1) is 6.54 Å². The quantitative estimate of drug-likeness (QED) is 0.858. The maximum absolute atomic E-state index is 12.3. The molecule has 0 fully saturated rings. The van der Waals surface area contributed by atoms with Crippen LogP contribution < -0.4 is 11.2 Å². The number of nitriles is 1. The molecule has 0 unspecified atom stereocenters. The molecule has 0 amide bonds. The summed E-state index contributed by atoms with van der Waals surface area (Å²) in [6.07, 6.45) is 1.32. The fourth-order valence-electron chi connectivity index (χ4n) is 2.44. The zero-order chi connectivity index (χ0) is 15.6. The second-order valence-corrected chi connectivity index (χ2v) is 5.11. The van der Waals surface area contributed by atoms with Gasteiger partial charge in [-0.05, 0) is 26.3 Å². The summed E-state index contributed by atoms with van der Waals surface area (Å²) in [6, 6.07) is 7.76. The van der Waals surface area contributed by atoms with E-state index in [0.29, 0.717) is 6.54 Å². The highest BCUT2D eigenvalue weighted by Crippen LogP contribution is 2.09. The Morgan fingerprint density at radius 3 is 2.29 bits per heavy atom. The topological polar surface area (TPSA) is 67.8 Å². The van der Waals surface area contributed by atoms with E-state index < -0.39 is 5.56 Å². The molecule has 0 bridgehead atoms. The van der Waals surface area contributed by atoms with E-state index in [1.807, 2.05) is 38.1 Å². The molecule has 0 aliphatic heterocycles. The molecule has 108 valence electrons. The van der Waals surface area contributed by atoms with Gasteiger partial charge in [-0.25, -0.2) is 4.79 Å². The second kappa shape index (κ2) is 5.80. The molecule has 0 aliphatic carbocycles. The highest BCUT2D eigenvalue weighted by Gasteiger charge is 2.11. The molecule has 5 nitrogen and oxygen atoms in total. The third kappa shape index (κ3) is 2.95. The number of aryl methyl sites for hydroxylation is 3. The lowest BCUT2D eigenvalue weighted by molar-refractivity contribution is 0.597. The summed E-state index contributed by atoms with van der Waals surface area (Å²) in [4.78, 5) is 24.5. The van der Waals surface area contributed by atoms with Crippen LogP contribution in [0, 0.1) is 25.2 Å². The molecule has 1 aromatic carbocycles. The zero-order valence-corrected chi connectivity index (χ0v) is 12.4. The second-order valence-electron chi connectivity index (χ2n) is 5.11. The first-order valence-corrected chi connectivity index (χ1v) is 6.77. The first-order chi connectivity index (χ1) is 9.96. The Kier molecular flexibility index (Phi) is 4.08. The van der Waals surface area contributed by atoms with Crippen LogP contribution in [-0.2, 0) is 13.1 Å². The number of rotatable bonds is 3. The van der Waals surface area contributed by atoms with Gasteiger partial charge in [0.2, 0.25) is 0 Å². The Bertz CT molecular complexity index is 818. The molecule has 0 aliphatic rings. The lowest BCUT2D eigenvalue weighted by atomic mass is 10.1. The van der Waals surface area contributed by atoms with Crippen molar-refractivity contribution in [2.24, 2.45) is 0 Å². The van der Waals surface area contributed by atoms with Crippen LogP contribution in [0.5, 0.6) is 0 Å². The molecular formula is C16H17N3O2. The van der Waals surface area contributed by atoms with E-state index in [9.17, 15) is 9.59 Å². The van der Waals surface area contributed by atoms with Crippen molar-refractivity contribution in [2.45, 2.75) is 33.9 Å². The highest BCUT2D eigenvalue weighted by molar-refractivity contribution is 5.29. The van der Waals surface area contributed by atoms with Gasteiger partial charge in [-0.2, -0.15) is 5.26 Å². The summed E-state index contributed by atoms with van der Waals surface area (Å²) in [6.45, 7) is 6.33. The van der Waals surface area contributed by atoms with Crippen LogP contribution in [-0.4, -0.2) is 9.13 Å². The van der Waals surface area contributed by atoms with Gasteiger partial charge in [-0.3, -0.25) is 13.9 Å². The van der Waals surface area contributed by atoms with Crippen molar-refractivity contribution in [2.75, 3.05) is 0 Å². The molecule has 1 heterocycles. The molecule has 1 aromatic heterocycles. The lowest BCUT2D eigenvalue weighted by Crippen LogP contribution is -2.40. The number of nitrogens with zero attached hydrogens (tertiary/aromatic N) is 3. The average molecular weight is 283 g/mol. The molecule has 0 saturated carbocycles. The van der Waals surface area contributed by atoms with Gasteiger partial charge >= 0.3 is 5.69 Å². The smallest absolute Gasteiger partial charge is 0.299 e. The third-order valence-corrected chi connectivity index (χ3v) is 3.32. The number of aromatic nitrogens is 2. The molecule has 0 spiro atoms. The first-order valence-electron chi connectivity index (χ1n) is 6.77. The number of benzene rings is 1. The summed E-state index contributed by atoms with van der Waals surface area (Å²) < 4.78 is 2.50. The molecule has 2 aromatic rings. The van der Waals surface area contributed by atoms with E-state index >= 15 is 0 Å². The summed E-state index contributed by atoms with van der Waals surface area (Å²) >= 11 is 0. The molecule has 0 saturated heterocycles. The number of hydrogen-bond donors (Lipinski definition) is 0. The Morgan fingerprint density at radius 1 is 1.14 bits per heavy atom. The Labute approximate surface area is 122 Å². The van der Waals surface area contributed by atoms with E-state index in [2.05, 4.69) is 0 Å². The predicted molar refractivity (Wildman–Crippen MR) is 80.4 cm³/mol. The SMILES string of the molecule is CCn1cc(C#N)c(=O)n(Cc2cc(C)cc(C)c2)c1=O. The van der Waals surface area contributed by atoms with E-state index in [0.717, 1.165) is 21.3 Å². The van der Waals surface area contributed by atoms with Crippen LogP contribution in [0.4, 0.5) is 0 Å². The van der Waals surface area contributed by atoms with Gasteiger partial charge in [-0.1, -0.05) is 29.3 Å². The highest BCUT2D eigenvalue weighted by atomic mass is 16.2. The molecule has 0 atom stereocenters. The van der Waals surface area contributed by atoms with E-state index in [-0.39, 0.29) is 17.8 Å². The van der Waals surface area contributed by atoms with Crippen molar-refractivity contribution in [1.29, 1.82) is 5.26 Å². The van der Waals surface area contributed by atoms with Gasteiger partial charge < -0.3 is 0 Å². The van der Waals surface area contributed by atoms with Crippen molar-refractivity contribution in [3.8, 4) is 6.07 Å². The summed E-state index contributed by atoms with van der Waals surface area (Å²) in [5.41, 5.74) is 2.09. The van der Waals surface area contributed by atoms with Gasteiger partial charge in [0.15, 0.2) is 0 Å². The summed E-state index contributed by atoms with van der Waals surface area (Å²) in [5, 5.41) is 9.03. The predicted octanol–water partition coefficient (Wildman–Crippen LogP) is 1.57. The molecule has 21 heavy (non-hydrogen) atoms. The van der Waals surface area contributed by atoms with E-state index in [1.165, 1.54) is 10.8 Å².